The molecular formula is C65H75N4O13S3+. The van der Waals surface area contributed by atoms with E-state index in [2.05, 4.69) is 92.9 Å². The molecule has 9 atom stereocenters. The predicted octanol–water partition coefficient (Wildman–Crippen LogP) is 5.21. The van der Waals surface area contributed by atoms with E-state index < -0.39 is 57.3 Å². The Morgan fingerprint density at radius 2 is 0.918 bits per heavy atom. The van der Waals surface area contributed by atoms with Crippen LogP contribution >= 0.6 is 35.3 Å². The number of benzene rings is 3. The summed E-state index contributed by atoms with van der Waals surface area (Å²) in [5.41, 5.74) is 10.5. The van der Waals surface area contributed by atoms with E-state index in [4.69, 9.17) is 36.1 Å². The molecule has 0 spiro atoms. The fraction of sp³-hybridized carbons (Fsp3) is 0.431. The van der Waals surface area contributed by atoms with Gasteiger partial charge in [-0.3, -0.25) is 24.0 Å². The number of aliphatic hydroxyl groups excluding tert-OH is 3. The second kappa shape index (κ2) is 35.1. The summed E-state index contributed by atoms with van der Waals surface area (Å²) < 4.78 is 7.69. The standard InChI is InChI=1S/C22H25NO4S.C21H24N2O4S.C15H12O3.C7H14NO2S/c1-22(2,28-4)19(21(26)27-3)23-20(25)16-11-9-15(10-12-16)7-5-6-8-17-13-18(17)14-24;1-21(2,28-3)18(20(26)23-27)22-19(25)15-10-8-14(9-11-15)6-4-5-7-16-12-17(16)13-24;16-10-14-9-13(14)4-2-1-3-11-5-7-12(8-6-11)15(17)18;1-7(2,11-4)5(8)6(9)10-3/h9-12,17-19,24H,13-14H2,1-4H3,(H,23,25);8-11,16-18,24,27H,12-13H2,1-3H3,(H,22,25)(H,23,26);5-8,13-14,16H,9-10H2,(H,17,18);5H,3,8H2,1-2,4H3/q;;;+1/t17-,18?,19+;16-,17?,18+;13-,14?;5-/m0001/s1. The molecule has 3 unspecified atom stereocenters. The lowest BCUT2D eigenvalue weighted by Gasteiger charge is -2.31. The number of carboxylic acids is 1. The van der Waals surface area contributed by atoms with Crippen LogP contribution in [0.2, 0.25) is 0 Å². The first-order valence-electron chi connectivity index (χ1n) is 26.7. The van der Waals surface area contributed by atoms with Crippen molar-refractivity contribution in [1.82, 2.24) is 16.1 Å². The number of carbonyl (C=O) groups excluding carboxylic acids is 6. The van der Waals surface area contributed by atoms with Gasteiger partial charge in [-0.1, -0.05) is 35.5 Å². The van der Waals surface area contributed by atoms with Crippen molar-refractivity contribution in [2.45, 2.75) is 93.2 Å². The van der Waals surface area contributed by atoms with Gasteiger partial charge in [0.1, 0.15) is 12.1 Å². The second-order valence-electron chi connectivity index (χ2n) is 21.1. The van der Waals surface area contributed by atoms with Crippen LogP contribution in [-0.2, 0) is 23.5 Å². The Kier molecular flexibility index (Phi) is 29.7. The minimum absolute atomic E-state index is 0.172. The number of hydrogen-bond donors (Lipinski definition) is 9. The van der Waals surface area contributed by atoms with Gasteiger partial charge >= 0.3 is 17.9 Å². The number of nitrogens with two attached hydrogens (primary N) is 1. The molecule has 0 bridgehead atoms. The summed E-state index contributed by atoms with van der Waals surface area (Å²) in [4.78, 5) is 70.6. The first kappa shape index (κ1) is 71.8. The molecule has 3 saturated carbocycles. The topological polar surface area (TPSA) is 286 Å². The SMILES string of the molecule is C=[O+]C(=O)[C@@H](N)C(C)(C)SC.COC(=O)[C@@H](NC(=O)c1ccc(C#CC#C[C@H]2CC2CO)cc1)C(C)(C)SC.CSC(C)(C)[C@H](NC(=O)c1ccc(C#CC#C[C@H]2CC2CO)cc1)C(=O)NO.O=C(O)c1ccc(C#CC#C[C@H]2CC2CO)cc1. The van der Waals surface area contributed by atoms with Crippen LogP contribution in [-0.4, -0.2) is 146 Å². The van der Waals surface area contributed by atoms with Crippen molar-refractivity contribution in [3.8, 4) is 71.0 Å². The van der Waals surface area contributed by atoms with Crippen LogP contribution in [0.15, 0.2) is 72.8 Å². The maximum absolute atomic E-state index is 12.5. The number of hydroxylamine groups is 1. The molecule has 0 aliphatic heterocycles. The van der Waals surface area contributed by atoms with Crippen LogP contribution in [0.25, 0.3) is 0 Å². The molecule has 3 aliphatic rings. The third kappa shape index (κ3) is 24.2. The Hall–Kier alpha value is -7.44. The molecule has 3 amide bonds. The number of aliphatic hydroxyl groups is 3. The average molecular weight is 1220 g/mol. The third-order valence-electron chi connectivity index (χ3n) is 14.0. The maximum atomic E-state index is 12.5. The van der Waals surface area contributed by atoms with Crippen molar-refractivity contribution in [2.24, 2.45) is 41.2 Å². The monoisotopic (exact) mass is 1220 g/mol. The number of ether oxygens (including phenoxy) is 1. The fourth-order valence-corrected chi connectivity index (χ4v) is 8.24. The largest absolute Gasteiger partial charge is 0.597 e. The maximum Gasteiger partial charge on any atom is 0.597 e. The van der Waals surface area contributed by atoms with E-state index in [-0.39, 0.29) is 47.9 Å². The van der Waals surface area contributed by atoms with Crippen LogP contribution in [0, 0.1) is 107 Å². The van der Waals surface area contributed by atoms with Gasteiger partial charge < -0.3 is 41.5 Å². The summed E-state index contributed by atoms with van der Waals surface area (Å²) in [6, 6.07) is 17.5. The van der Waals surface area contributed by atoms with Gasteiger partial charge in [-0.2, -0.15) is 35.3 Å². The number of carbonyl (C=O) groups is 6. The first-order chi connectivity index (χ1) is 40.3. The minimum atomic E-state index is -0.946. The van der Waals surface area contributed by atoms with Crippen LogP contribution in [0.4, 0.5) is 0 Å². The van der Waals surface area contributed by atoms with E-state index in [1.54, 1.807) is 66.1 Å². The summed E-state index contributed by atoms with van der Waals surface area (Å²) in [6.07, 6.45) is 8.43. The molecule has 450 valence electrons. The van der Waals surface area contributed by atoms with E-state index in [1.165, 1.54) is 54.5 Å². The molecule has 10 N–H and O–H groups in total. The zero-order valence-corrected chi connectivity index (χ0v) is 51.8. The molecule has 0 saturated heterocycles. The van der Waals surface area contributed by atoms with E-state index >= 15 is 0 Å². The summed E-state index contributed by atoms with van der Waals surface area (Å²) in [7, 11) is 1.31. The number of aromatic carboxylic acids is 1. The fourth-order valence-electron chi connectivity index (χ4n) is 7.10. The molecule has 6 rings (SSSR count). The Morgan fingerprint density at radius 3 is 1.20 bits per heavy atom. The molecule has 0 heterocycles. The van der Waals surface area contributed by atoms with Crippen molar-refractivity contribution in [3.63, 3.8) is 0 Å². The Morgan fingerprint density at radius 1 is 0.588 bits per heavy atom. The lowest BCUT2D eigenvalue weighted by Crippen LogP contribution is -2.55. The van der Waals surface area contributed by atoms with E-state index in [0.717, 1.165) is 36.0 Å². The number of hydrogen-bond acceptors (Lipinski definition) is 15. The Bertz CT molecular complexity index is 3080. The van der Waals surface area contributed by atoms with Gasteiger partial charge in [0.15, 0.2) is 12.8 Å². The van der Waals surface area contributed by atoms with Gasteiger partial charge in [0.2, 0.25) is 0 Å². The lowest BCUT2D eigenvalue weighted by molar-refractivity contribution is -0.370. The molecule has 17 nitrogen and oxygen atoms in total. The molecule has 85 heavy (non-hydrogen) atoms. The number of rotatable bonds is 17. The van der Waals surface area contributed by atoms with E-state index in [0.29, 0.717) is 34.8 Å². The quantitative estimate of drug-likeness (QED) is 0.0276. The molecule has 3 aromatic carbocycles. The summed E-state index contributed by atoms with van der Waals surface area (Å²) in [5.74, 6) is 32.7. The van der Waals surface area contributed by atoms with Gasteiger partial charge in [-0.25, -0.2) is 15.1 Å². The van der Waals surface area contributed by atoms with Gasteiger partial charge in [0.05, 0.1) is 17.5 Å². The van der Waals surface area contributed by atoms with Crippen molar-refractivity contribution in [2.75, 3.05) is 45.7 Å². The van der Waals surface area contributed by atoms with Crippen molar-refractivity contribution in [3.05, 3.63) is 106 Å². The predicted molar refractivity (Wildman–Crippen MR) is 334 cm³/mol. The van der Waals surface area contributed by atoms with Gasteiger partial charge in [0.25, 0.3) is 17.7 Å². The number of amides is 3. The molecule has 3 fully saturated rings. The number of esters is 1. The number of carboxylic acid groups (broad SMARTS) is 1. The summed E-state index contributed by atoms with van der Waals surface area (Å²) in [6.45, 7) is 14.7. The highest BCUT2D eigenvalue weighted by Gasteiger charge is 2.40. The van der Waals surface area contributed by atoms with Crippen molar-refractivity contribution < 1.29 is 63.6 Å². The highest BCUT2D eigenvalue weighted by Crippen LogP contribution is 2.38. The first-order valence-corrected chi connectivity index (χ1v) is 30.4. The lowest BCUT2D eigenvalue weighted by atomic mass is 10.0. The smallest absolute Gasteiger partial charge is 0.478 e. The van der Waals surface area contributed by atoms with E-state index in [9.17, 15) is 28.8 Å². The summed E-state index contributed by atoms with van der Waals surface area (Å²) >= 11 is 4.41. The molecule has 0 aromatic heterocycles. The van der Waals surface area contributed by atoms with Crippen LogP contribution in [0.3, 0.4) is 0 Å². The van der Waals surface area contributed by atoms with Crippen LogP contribution in [0.5, 0.6) is 0 Å². The highest BCUT2D eigenvalue weighted by molar-refractivity contribution is 8.00. The van der Waals surface area contributed by atoms with Crippen molar-refractivity contribution in [1.29, 1.82) is 0 Å². The van der Waals surface area contributed by atoms with Gasteiger partial charge in [-0.05, 0) is 206 Å². The van der Waals surface area contributed by atoms with Crippen LogP contribution < -0.4 is 21.8 Å². The third-order valence-corrected chi connectivity index (χ3v) is 17.8. The minimum Gasteiger partial charge on any atom is -0.478 e. The van der Waals surface area contributed by atoms with Gasteiger partial charge in [-0.15, -0.1) is 0 Å². The zero-order valence-electron chi connectivity index (χ0n) is 49.4. The average Bonchev–Trinajstić information content (AvgIpc) is 4.57. The highest BCUT2D eigenvalue weighted by atomic mass is 32.2. The Labute approximate surface area is 512 Å². The zero-order chi connectivity index (χ0) is 63.5. The number of nitrogens with one attached hydrogen (secondary N) is 3. The number of thioether (sulfide) groups is 3. The molecule has 3 aromatic rings. The molecule has 0 radical (unpaired) electrons. The summed E-state index contributed by atoms with van der Waals surface area (Å²) in [5, 5.41) is 49.9. The number of methoxy groups -OCH3 is 1. The van der Waals surface area contributed by atoms with E-state index in [1.807, 2.05) is 60.3 Å². The second-order valence-corrected chi connectivity index (χ2v) is 25.5. The molecule has 3 aliphatic carbocycles. The molecule has 20 heteroatoms. The van der Waals surface area contributed by atoms with Gasteiger partial charge in [0, 0.05) is 79.6 Å². The Balaban J connectivity index is 0.000000312. The van der Waals surface area contributed by atoms with Crippen LogP contribution in [0.1, 0.15) is 109 Å². The normalized spacial score (nSPS) is 18.3. The molecular weight excluding hydrogens is 1140 g/mol. The van der Waals surface area contributed by atoms with Crippen molar-refractivity contribution >= 4 is 77.7 Å².